The Hall–Kier alpha value is -0.191. The first-order valence-corrected chi connectivity index (χ1v) is 16.1. The molecule has 1 rings (SSSR count). The van der Waals surface area contributed by atoms with Gasteiger partial charge >= 0.3 is 137 Å². The Labute approximate surface area is 137 Å². The molecule has 126 valence electrons. The van der Waals surface area contributed by atoms with E-state index in [-0.39, 0.29) is 3.58 Å². The van der Waals surface area contributed by atoms with Crippen LogP contribution in [0.3, 0.4) is 0 Å². The summed E-state index contributed by atoms with van der Waals surface area (Å²) in [6, 6.07) is 2.05. The van der Waals surface area contributed by atoms with Crippen molar-refractivity contribution in [1.82, 2.24) is 0 Å². The Morgan fingerprint density at radius 2 is 1.14 bits per heavy atom. The van der Waals surface area contributed by atoms with Crippen LogP contribution < -0.4 is 3.58 Å². The van der Waals surface area contributed by atoms with E-state index in [2.05, 4.69) is 20.8 Å². The van der Waals surface area contributed by atoms with Gasteiger partial charge in [-0.2, -0.15) is 0 Å². The number of rotatable bonds is 10. The van der Waals surface area contributed by atoms with Crippen LogP contribution in [0.5, 0.6) is 0 Å². The van der Waals surface area contributed by atoms with E-state index in [0.29, 0.717) is 0 Å². The van der Waals surface area contributed by atoms with Crippen molar-refractivity contribution < 1.29 is 13.2 Å². The minimum absolute atomic E-state index is 0.199. The van der Waals surface area contributed by atoms with Gasteiger partial charge in [0.2, 0.25) is 0 Å². The van der Waals surface area contributed by atoms with Crippen molar-refractivity contribution in [3.05, 3.63) is 29.6 Å². The Kier molecular flexibility index (Phi) is 8.88. The van der Waals surface area contributed by atoms with Crippen LogP contribution >= 0.6 is 0 Å². The fourth-order valence-corrected chi connectivity index (χ4v) is 19.8. The Bertz CT molecular complexity index is 438. The zero-order valence-electron chi connectivity index (χ0n) is 14.2. The van der Waals surface area contributed by atoms with Gasteiger partial charge in [0.15, 0.2) is 0 Å². The Morgan fingerprint density at radius 3 is 1.55 bits per heavy atom. The molecule has 0 N–H and O–H groups in total. The third kappa shape index (κ3) is 4.90. The summed E-state index contributed by atoms with van der Waals surface area (Å²) >= 11 is -3.25. The Balaban J connectivity index is 3.34. The van der Waals surface area contributed by atoms with Crippen molar-refractivity contribution in [3.8, 4) is 0 Å². The summed E-state index contributed by atoms with van der Waals surface area (Å²) in [4.78, 5) is 0. The maximum atomic E-state index is 14.5. The zero-order valence-corrected chi connectivity index (χ0v) is 17.0. The van der Waals surface area contributed by atoms with Crippen LogP contribution in [0.25, 0.3) is 0 Å². The van der Waals surface area contributed by atoms with Gasteiger partial charge in [0, 0.05) is 0 Å². The summed E-state index contributed by atoms with van der Waals surface area (Å²) < 4.78 is 45.7. The van der Waals surface area contributed by atoms with Gasteiger partial charge in [0.05, 0.1) is 0 Å². The SMILES string of the molecule is CCC[CH2][Sn]([CH2]CCC)([CH2]CCC)[c]1c(F)ccc(F)c1F. The van der Waals surface area contributed by atoms with E-state index in [1.807, 2.05) is 0 Å². The zero-order chi connectivity index (χ0) is 16.6. The molecule has 4 heteroatoms. The van der Waals surface area contributed by atoms with E-state index >= 15 is 0 Å². The van der Waals surface area contributed by atoms with Crippen molar-refractivity contribution in [3.63, 3.8) is 0 Å². The van der Waals surface area contributed by atoms with Gasteiger partial charge in [0.25, 0.3) is 0 Å². The second kappa shape index (κ2) is 9.84. The van der Waals surface area contributed by atoms with Crippen LogP contribution in [0.1, 0.15) is 59.3 Å². The fraction of sp³-hybridized carbons (Fsp3) is 0.667. The minimum atomic E-state index is -3.25. The standard InChI is InChI=1S/C6H2F3.3C4H9.Sn/c7-4-1-2-5(8)6(9)3-4;3*1-3-4-2;/h1-2H;3*1,3-4H2,2H3;. The monoisotopic (exact) mass is 422 g/mol. The number of hydrogen-bond donors (Lipinski definition) is 0. The third-order valence-electron chi connectivity index (χ3n) is 4.60. The van der Waals surface area contributed by atoms with Crippen LogP contribution in [0.15, 0.2) is 12.1 Å². The van der Waals surface area contributed by atoms with Gasteiger partial charge < -0.3 is 0 Å². The summed E-state index contributed by atoms with van der Waals surface area (Å²) in [6.07, 6.45) is 6.07. The molecule has 0 saturated heterocycles. The number of halogens is 3. The molecule has 0 aliphatic rings. The van der Waals surface area contributed by atoms with Crippen molar-refractivity contribution in [2.45, 2.75) is 72.6 Å². The van der Waals surface area contributed by atoms with Crippen molar-refractivity contribution in [2.24, 2.45) is 0 Å². The molecule has 0 nitrogen and oxygen atoms in total. The van der Waals surface area contributed by atoms with Crippen LogP contribution in [0.2, 0.25) is 13.3 Å². The van der Waals surface area contributed by atoms with E-state index in [9.17, 15) is 13.2 Å². The average molecular weight is 421 g/mol. The van der Waals surface area contributed by atoms with E-state index in [1.54, 1.807) is 0 Å². The molecule has 0 saturated carbocycles. The molecular weight excluding hydrogens is 392 g/mol. The maximum absolute atomic E-state index is 14.5. The summed E-state index contributed by atoms with van der Waals surface area (Å²) in [5.41, 5.74) is 0. The topological polar surface area (TPSA) is 0 Å². The second-order valence-electron chi connectivity index (χ2n) is 6.31. The Morgan fingerprint density at radius 1 is 0.727 bits per heavy atom. The number of hydrogen-bond acceptors (Lipinski definition) is 0. The first-order valence-electron chi connectivity index (χ1n) is 8.66. The molecule has 1 aromatic rings. The molecule has 0 atom stereocenters. The van der Waals surface area contributed by atoms with Gasteiger partial charge in [-0.25, -0.2) is 0 Å². The molecular formula is C18H29F3Sn. The molecule has 0 unspecified atom stereocenters. The van der Waals surface area contributed by atoms with Crippen LogP contribution in [-0.2, 0) is 0 Å². The predicted octanol–water partition coefficient (Wildman–Crippen LogP) is 6.16. The molecule has 1 aromatic carbocycles. The fourth-order valence-electron chi connectivity index (χ4n) is 3.31. The van der Waals surface area contributed by atoms with Gasteiger partial charge in [-0.05, 0) is 0 Å². The molecule has 0 fully saturated rings. The normalized spacial score (nSPS) is 11.9. The van der Waals surface area contributed by atoms with E-state index < -0.39 is 35.8 Å². The van der Waals surface area contributed by atoms with Gasteiger partial charge in [0.1, 0.15) is 0 Å². The molecule has 0 aromatic heterocycles. The molecule has 0 spiro atoms. The first kappa shape index (κ1) is 19.9. The summed E-state index contributed by atoms with van der Waals surface area (Å²) in [5, 5.41) is 0. The average Bonchev–Trinajstić information content (AvgIpc) is 2.52. The molecule has 0 aliphatic carbocycles. The second-order valence-corrected chi connectivity index (χ2v) is 19.3. The summed E-state index contributed by atoms with van der Waals surface area (Å²) in [5.74, 6) is -2.28. The predicted molar refractivity (Wildman–Crippen MR) is 90.8 cm³/mol. The van der Waals surface area contributed by atoms with Gasteiger partial charge in [-0.15, -0.1) is 0 Å². The number of benzene rings is 1. The third-order valence-corrected chi connectivity index (χ3v) is 20.2. The van der Waals surface area contributed by atoms with E-state index in [1.165, 1.54) is 0 Å². The summed E-state index contributed by atoms with van der Waals surface area (Å²) in [7, 11) is 0. The van der Waals surface area contributed by atoms with E-state index in [4.69, 9.17) is 0 Å². The van der Waals surface area contributed by atoms with Gasteiger partial charge in [-0.3, -0.25) is 0 Å². The first-order chi connectivity index (χ1) is 10.5. The molecule has 0 amide bonds. The quantitative estimate of drug-likeness (QED) is 0.314. The van der Waals surface area contributed by atoms with Crippen LogP contribution in [0.4, 0.5) is 13.2 Å². The van der Waals surface area contributed by atoms with Crippen molar-refractivity contribution >= 4 is 22.0 Å². The van der Waals surface area contributed by atoms with Crippen LogP contribution in [-0.4, -0.2) is 18.4 Å². The van der Waals surface area contributed by atoms with Crippen molar-refractivity contribution in [2.75, 3.05) is 0 Å². The number of unbranched alkanes of at least 4 members (excludes halogenated alkanes) is 3. The van der Waals surface area contributed by atoms with Gasteiger partial charge in [-0.1, -0.05) is 0 Å². The molecule has 0 bridgehead atoms. The van der Waals surface area contributed by atoms with E-state index in [0.717, 1.165) is 64.0 Å². The van der Waals surface area contributed by atoms with Crippen LogP contribution in [0, 0.1) is 17.5 Å². The van der Waals surface area contributed by atoms with Crippen molar-refractivity contribution in [1.29, 1.82) is 0 Å². The molecule has 22 heavy (non-hydrogen) atoms. The summed E-state index contributed by atoms with van der Waals surface area (Å²) in [6.45, 7) is 6.32. The molecule has 0 aliphatic heterocycles. The molecule has 0 heterocycles. The molecule has 0 radical (unpaired) electrons.